The van der Waals surface area contributed by atoms with E-state index in [0.717, 1.165) is 124 Å². The van der Waals surface area contributed by atoms with E-state index in [0.29, 0.717) is 47.3 Å². The average molecular weight is 933 g/mol. The van der Waals surface area contributed by atoms with Crippen LogP contribution < -0.4 is 18.6 Å². The highest BCUT2D eigenvalue weighted by atomic mass is 32.1. The fourth-order valence-corrected chi connectivity index (χ4v) is 14.8. The Hall–Kier alpha value is -4.62. The number of unbranched alkanes of at least 4 members (excludes halogenated alkanes) is 2. The van der Waals surface area contributed by atoms with Gasteiger partial charge in [-0.3, -0.25) is 9.59 Å². The largest absolute Gasteiger partial charge is 0.506 e. The van der Waals surface area contributed by atoms with E-state index in [9.17, 15) is 19.8 Å². The second kappa shape index (κ2) is 18.0. The predicted molar refractivity (Wildman–Crippen MR) is 263 cm³/mol. The molecule has 0 spiro atoms. The monoisotopic (exact) mass is 932 g/mol. The molecule has 0 fully saturated rings. The molecule has 12 heteroatoms. The van der Waals surface area contributed by atoms with Crippen molar-refractivity contribution in [3.05, 3.63) is 91.0 Å². The van der Waals surface area contributed by atoms with Crippen molar-refractivity contribution >= 4 is 109 Å². The van der Waals surface area contributed by atoms with Crippen LogP contribution in [-0.4, -0.2) is 35.0 Å². The summed E-state index contributed by atoms with van der Waals surface area (Å²) >= 11 is 6.23. The van der Waals surface area contributed by atoms with Gasteiger partial charge in [-0.05, 0) is 73.9 Å². The molecule has 0 amide bonds. The maximum absolute atomic E-state index is 14.0. The zero-order valence-corrected chi connectivity index (χ0v) is 40.4. The third-order valence-electron chi connectivity index (χ3n) is 13.7. The number of rotatable bonds is 16. The average Bonchev–Trinajstić information content (AvgIpc) is 4.08. The zero-order chi connectivity index (χ0) is 44.2. The number of aromatic nitrogens is 2. The normalized spacial score (nSPS) is 19.7. The lowest BCUT2D eigenvalue weighted by Crippen LogP contribution is -2.40. The lowest BCUT2D eigenvalue weighted by Gasteiger charge is -2.24. The summed E-state index contributed by atoms with van der Waals surface area (Å²) in [4.78, 5) is 29.4. The van der Waals surface area contributed by atoms with Crippen molar-refractivity contribution in [1.82, 2.24) is 0 Å². The van der Waals surface area contributed by atoms with E-state index in [1.165, 1.54) is 61.2 Å². The van der Waals surface area contributed by atoms with Gasteiger partial charge < -0.3 is 19.7 Å². The van der Waals surface area contributed by atoms with Crippen molar-refractivity contribution in [2.24, 2.45) is 11.8 Å². The third kappa shape index (κ3) is 7.55. The van der Waals surface area contributed by atoms with Crippen LogP contribution in [0.25, 0.3) is 52.1 Å². The first-order valence-electron chi connectivity index (χ1n) is 23.4. The summed E-state index contributed by atoms with van der Waals surface area (Å²) in [5.41, 5.74) is 5.63. The number of thiazole rings is 2. The Morgan fingerprint density at radius 2 is 1.02 bits per heavy atom. The van der Waals surface area contributed by atoms with Crippen LogP contribution in [0.3, 0.4) is 0 Å². The number of hydrogen-bond donors (Lipinski definition) is 2. The van der Waals surface area contributed by atoms with Crippen molar-refractivity contribution in [3.63, 3.8) is 0 Å². The van der Waals surface area contributed by atoms with E-state index in [2.05, 4.69) is 73.2 Å². The van der Waals surface area contributed by atoms with Crippen molar-refractivity contribution in [1.29, 1.82) is 0 Å². The van der Waals surface area contributed by atoms with E-state index >= 15 is 0 Å². The Labute approximate surface area is 390 Å². The Kier molecular flexibility index (Phi) is 12.2. The summed E-state index contributed by atoms with van der Waals surface area (Å²) in [6, 6.07) is 16.5. The van der Waals surface area contributed by atoms with Crippen LogP contribution in [0.5, 0.6) is 11.5 Å². The number of aliphatic hydroxyl groups excluding tert-OH is 2. The molecule has 332 valence electrons. The van der Waals surface area contributed by atoms with Gasteiger partial charge in [-0.15, -0.1) is 22.7 Å². The molecule has 2 N–H and O–H groups in total. The van der Waals surface area contributed by atoms with Crippen LogP contribution in [0, 0.1) is 11.8 Å². The number of allylic oxidation sites excluding steroid dienone is 6. The van der Waals surface area contributed by atoms with E-state index < -0.39 is 0 Å². The number of Topliss-reactive ketones (excluding diaryl/α,β-unsaturated/α-hetero) is 2. The first-order valence-corrected chi connectivity index (χ1v) is 26.6. The lowest BCUT2D eigenvalue weighted by molar-refractivity contribution is -0.672. The van der Waals surface area contributed by atoms with Gasteiger partial charge in [0.15, 0.2) is 13.1 Å². The number of ketones is 2. The van der Waals surface area contributed by atoms with Crippen LogP contribution in [-0.2, 0) is 22.7 Å². The summed E-state index contributed by atoms with van der Waals surface area (Å²) in [6.45, 7) is 12.1. The summed E-state index contributed by atoms with van der Waals surface area (Å²) in [5, 5.41) is 25.2. The fourth-order valence-electron chi connectivity index (χ4n) is 9.83. The number of aryl methyl sites for hydroxylation is 2. The van der Waals surface area contributed by atoms with Crippen molar-refractivity contribution in [2.45, 2.75) is 118 Å². The maximum atomic E-state index is 14.0. The first-order chi connectivity index (χ1) is 31.2. The molecular weight excluding hydrogens is 877 g/mol. The molecule has 6 heterocycles. The number of carbonyl (C=O) groups excluding carboxylic acids is 2. The molecule has 8 nitrogen and oxygen atoms in total. The number of hydrogen-bond acceptors (Lipinski definition) is 10. The highest BCUT2D eigenvalue weighted by molar-refractivity contribution is 7.29. The Balaban J connectivity index is 0.885. The molecule has 2 unspecified atom stereocenters. The Bertz CT molecular complexity index is 2760. The van der Waals surface area contributed by atoms with Gasteiger partial charge in [0.05, 0.1) is 58.8 Å². The minimum absolute atomic E-state index is 0.0646. The summed E-state index contributed by atoms with van der Waals surface area (Å²) < 4.78 is 21.3. The molecule has 0 radical (unpaired) electrons. The van der Waals surface area contributed by atoms with Gasteiger partial charge in [0.25, 0.3) is 10.0 Å². The molecular formula is C52H56N2O6S4+2. The molecule has 0 saturated heterocycles. The zero-order valence-electron chi connectivity index (χ0n) is 37.1. The second-order valence-electron chi connectivity index (χ2n) is 17.8. The minimum atomic E-state index is -0.123. The van der Waals surface area contributed by atoms with E-state index in [4.69, 9.17) is 9.47 Å². The Morgan fingerprint density at radius 1 is 0.578 bits per heavy atom. The van der Waals surface area contributed by atoms with Crippen molar-refractivity contribution in [2.75, 3.05) is 13.2 Å². The smallest absolute Gasteiger partial charge is 0.266 e. The van der Waals surface area contributed by atoms with Crippen LogP contribution >= 0.6 is 45.3 Å². The Morgan fingerprint density at radius 3 is 1.41 bits per heavy atom. The molecule has 6 aromatic rings. The van der Waals surface area contributed by atoms with Gasteiger partial charge in [-0.1, -0.05) is 88.9 Å². The summed E-state index contributed by atoms with van der Waals surface area (Å²) in [6.07, 6.45) is 12.6. The number of aliphatic hydroxyl groups is 2. The number of ether oxygens (including phenoxy) is 2. The van der Waals surface area contributed by atoms with Crippen molar-refractivity contribution < 1.29 is 38.4 Å². The number of nitrogens with zero attached hydrogens (tertiary/aromatic N) is 2. The van der Waals surface area contributed by atoms with E-state index in [-0.39, 0.29) is 23.1 Å². The molecule has 10 rings (SSSR count). The molecule has 4 aliphatic rings. The standard InChI is InChI=1S/C52H54N2O6S4/c1-5-9-13-29(7-3)27-59-31-17-19-37-35(23-31)53-21-11-15-33(51(53)63-37)43-47(55)45(48(43)56)41-25-39-40(61-41)26-42(62-39)46-49(57)44(50(46)58)34-16-12-22-54-36-24-32(18-20-38(36)64-52(34)54)60-28-30(8-4)14-10-6-2/h17-20,23-26,29-30H,5-16,21-22,27-28H2,1-4H3/p+2. The lowest BCUT2D eigenvalue weighted by atomic mass is 9.82. The maximum Gasteiger partial charge on any atom is 0.266 e. The highest BCUT2D eigenvalue weighted by Gasteiger charge is 2.44. The number of fused-ring (bicyclic) bond motifs is 7. The molecule has 2 aliphatic heterocycles. The molecule has 0 bridgehead atoms. The third-order valence-corrected chi connectivity index (χ3v) is 18.5. The van der Waals surface area contributed by atoms with Crippen LogP contribution in [0.2, 0.25) is 0 Å². The number of thiophene rings is 2. The summed E-state index contributed by atoms with van der Waals surface area (Å²) in [5.74, 6) is 2.73. The summed E-state index contributed by atoms with van der Waals surface area (Å²) in [7, 11) is 0. The van der Waals surface area contributed by atoms with Gasteiger partial charge in [-0.2, -0.15) is 9.13 Å². The topological polar surface area (TPSA) is 101 Å². The van der Waals surface area contributed by atoms with E-state index in [1.54, 1.807) is 22.7 Å². The number of benzene rings is 2. The van der Waals surface area contributed by atoms with Gasteiger partial charge in [0.2, 0.25) is 22.6 Å². The number of carbonyl (C=O) groups is 2. The molecule has 2 atom stereocenters. The van der Waals surface area contributed by atoms with Gasteiger partial charge in [0.1, 0.15) is 32.4 Å². The van der Waals surface area contributed by atoms with E-state index in [1.807, 2.05) is 12.1 Å². The van der Waals surface area contributed by atoms with Crippen LogP contribution in [0.15, 0.2) is 71.2 Å². The fraction of sp³-hybridized carbons (Fsp3) is 0.423. The highest BCUT2D eigenvalue weighted by Crippen LogP contribution is 2.50. The van der Waals surface area contributed by atoms with Gasteiger partial charge >= 0.3 is 0 Å². The predicted octanol–water partition coefficient (Wildman–Crippen LogP) is 13.4. The second-order valence-corrected chi connectivity index (χ2v) is 22.0. The molecule has 2 aromatic carbocycles. The first kappa shape index (κ1) is 43.3. The SMILES string of the molecule is CCCCC(CC)COc1ccc2sc3[n+](c2c1)CCC/C3=C1/C(=O)C(c2cc3sc(C4=C(O)/C(=C5\CCC[n+]6c5sc5ccc(OCC(CC)CCCC)cc56)C4=O)cc3s2)=C1O. The molecule has 2 aliphatic carbocycles. The van der Waals surface area contributed by atoms with Crippen molar-refractivity contribution in [3.8, 4) is 11.5 Å². The van der Waals surface area contributed by atoms with Gasteiger partial charge in [0, 0.05) is 32.0 Å². The quantitative estimate of drug-likeness (QED) is 0.0741. The molecule has 0 saturated carbocycles. The van der Waals surface area contributed by atoms with Crippen LogP contribution in [0.4, 0.5) is 0 Å². The molecule has 64 heavy (non-hydrogen) atoms. The molecule has 4 aromatic heterocycles. The minimum Gasteiger partial charge on any atom is -0.506 e. The van der Waals surface area contributed by atoms with Crippen LogP contribution in [0.1, 0.15) is 125 Å². The van der Waals surface area contributed by atoms with Gasteiger partial charge in [-0.25, -0.2) is 0 Å².